The lowest BCUT2D eigenvalue weighted by Gasteiger charge is -2.32. The summed E-state index contributed by atoms with van der Waals surface area (Å²) in [5, 5.41) is 4.64. The van der Waals surface area contributed by atoms with Crippen LogP contribution in [-0.4, -0.2) is 67.0 Å². The minimum absolute atomic E-state index is 0.523. The predicted octanol–water partition coefficient (Wildman–Crippen LogP) is 4.60. The maximum atomic E-state index is 5.93. The molecule has 1 heterocycles. The predicted molar refractivity (Wildman–Crippen MR) is 132 cm³/mol. The molecule has 1 aliphatic carbocycles. The molecule has 174 valence electrons. The Hall–Kier alpha value is -1.37. The first kappa shape index (κ1) is 24.3. The van der Waals surface area contributed by atoms with Crippen LogP contribution in [0.4, 0.5) is 0 Å². The fourth-order valence-corrected chi connectivity index (χ4v) is 4.83. The SMILES string of the molecule is CCOc1ccc(CN(CCCN2CCOCC2)C(=S)NC2CCCCCCC2)cc1. The normalized spacial score (nSPS) is 18.7. The van der Waals surface area contributed by atoms with Crippen LogP contribution in [-0.2, 0) is 11.3 Å². The van der Waals surface area contributed by atoms with E-state index in [9.17, 15) is 0 Å². The Bertz CT molecular complexity index is 626. The van der Waals surface area contributed by atoms with Crippen molar-refractivity contribution in [1.29, 1.82) is 0 Å². The third-order valence-corrected chi connectivity index (χ3v) is 6.71. The van der Waals surface area contributed by atoms with E-state index in [2.05, 4.69) is 39.4 Å². The first-order chi connectivity index (χ1) is 15.2. The molecule has 0 bridgehead atoms. The maximum Gasteiger partial charge on any atom is 0.169 e. The van der Waals surface area contributed by atoms with Crippen molar-refractivity contribution in [2.75, 3.05) is 46.0 Å². The third kappa shape index (κ3) is 8.95. The van der Waals surface area contributed by atoms with Crippen molar-refractivity contribution in [2.24, 2.45) is 0 Å². The standard InChI is InChI=1S/C25H41N3O2S/c1-2-30-24-13-11-22(12-14-24)21-28(16-8-15-27-17-19-29-20-18-27)25(31)26-23-9-6-4-3-5-7-10-23/h11-14,23H,2-10,15-21H2,1H3,(H,26,31). The molecule has 6 heteroatoms. The summed E-state index contributed by atoms with van der Waals surface area (Å²) >= 11 is 5.93. The van der Waals surface area contributed by atoms with Crippen LogP contribution in [0, 0.1) is 0 Å². The molecule has 0 spiro atoms. The van der Waals surface area contributed by atoms with Gasteiger partial charge in [-0.05, 0) is 56.1 Å². The van der Waals surface area contributed by atoms with Crippen LogP contribution in [0.25, 0.3) is 0 Å². The summed E-state index contributed by atoms with van der Waals surface area (Å²) in [6.45, 7) is 9.45. The summed E-state index contributed by atoms with van der Waals surface area (Å²) < 4.78 is 11.1. The van der Waals surface area contributed by atoms with Crippen molar-refractivity contribution in [3.8, 4) is 5.75 Å². The minimum atomic E-state index is 0.523. The van der Waals surface area contributed by atoms with Gasteiger partial charge in [0.2, 0.25) is 0 Å². The second kappa shape index (κ2) is 13.9. The zero-order valence-electron chi connectivity index (χ0n) is 19.3. The van der Waals surface area contributed by atoms with Gasteiger partial charge < -0.3 is 19.7 Å². The largest absolute Gasteiger partial charge is 0.494 e. The number of rotatable bonds is 9. The van der Waals surface area contributed by atoms with Gasteiger partial charge in [-0.2, -0.15) is 0 Å². The Labute approximate surface area is 194 Å². The number of benzene rings is 1. The lowest BCUT2D eigenvalue weighted by Crippen LogP contribution is -2.45. The van der Waals surface area contributed by atoms with E-state index in [1.807, 2.05) is 6.92 Å². The van der Waals surface area contributed by atoms with E-state index >= 15 is 0 Å². The molecule has 1 aromatic carbocycles. The fourth-order valence-electron chi connectivity index (χ4n) is 4.51. The Morgan fingerprint density at radius 3 is 2.45 bits per heavy atom. The highest BCUT2D eigenvalue weighted by atomic mass is 32.1. The van der Waals surface area contributed by atoms with Crippen molar-refractivity contribution >= 4 is 17.3 Å². The zero-order valence-corrected chi connectivity index (χ0v) is 20.1. The number of thiocarbonyl (C=S) groups is 1. The molecule has 1 aromatic rings. The van der Waals surface area contributed by atoms with E-state index in [-0.39, 0.29) is 0 Å². The molecule has 2 fully saturated rings. The van der Waals surface area contributed by atoms with Crippen LogP contribution in [0.2, 0.25) is 0 Å². The summed E-state index contributed by atoms with van der Waals surface area (Å²) in [4.78, 5) is 4.87. The number of ether oxygens (including phenoxy) is 2. The maximum absolute atomic E-state index is 5.93. The number of hydrogen-bond donors (Lipinski definition) is 1. The van der Waals surface area contributed by atoms with Gasteiger partial charge in [-0.1, -0.05) is 44.2 Å². The number of morpholine rings is 1. The average Bonchev–Trinajstić information content (AvgIpc) is 2.77. The monoisotopic (exact) mass is 447 g/mol. The van der Waals surface area contributed by atoms with Crippen molar-refractivity contribution in [3.63, 3.8) is 0 Å². The van der Waals surface area contributed by atoms with E-state index < -0.39 is 0 Å². The molecule has 0 atom stereocenters. The zero-order chi connectivity index (χ0) is 21.7. The number of hydrogen-bond acceptors (Lipinski definition) is 4. The number of nitrogens with zero attached hydrogens (tertiary/aromatic N) is 2. The molecule has 1 aliphatic heterocycles. The average molecular weight is 448 g/mol. The Kier molecular flexibility index (Phi) is 10.9. The van der Waals surface area contributed by atoms with Crippen LogP contribution >= 0.6 is 12.2 Å². The van der Waals surface area contributed by atoms with Gasteiger partial charge in [0.15, 0.2) is 5.11 Å². The van der Waals surface area contributed by atoms with E-state index in [1.54, 1.807) is 0 Å². The van der Waals surface area contributed by atoms with E-state index in [4.69, 9.17) is 21.7 Å². The summed E-state index contributed by atoms with van der Waals surface area (Å²) in [6.07, 6.45) is 10.3. The molecule has 3 rings (SSSR count). The molecule has 31 heavy (non-hydrogen) atoms. The van der Waals surface area contributed by atoms with Crippen molar-refractivity contribution in [3.05, 3.63) is 29.8 Å². The molecular formula is C25H41N3O2S. The first-order valence-electron chi connectivity index (χ1n) is 12.3. The lowest BCUT2D eigenvalue weighted by atomic mass is 9.97. The second-order valence-electron chi connectivity index (χ2n) is 8.80. The molecule has 5 nitrogen and oxygen atoms in total. The molecule has 0 amide bonds. The topological polar surface area (TPSA) is 37.0 Å². The third-order valence-electron chi connectivity index (χ3n) is 6.33. The first-order valence-corrected chi connectivity index (χ1v) is 12.7. The summed E-state index contributed by atoms with van der Waals surface area (Å²) in [7, 11) is 0. The molecule has 1 saturated carbocycles. The summed E-state index contributed by atoms with van der Waals surface area (Å²) in [5.41, 5.74) is 1.27. The molecule has 0 unspecified atom stereocenters. The summed E-state index contributed by atoms with van der Waals surface area (Å²) in [6, 6.07) is 8.98. The van der Waals surface area contributed by atoms with Crippen molar-refractivity contribution in [2.45, 2.75) is 70.9 Å². The van der Waals surface area contributed by atoms with E-state index in [0.717, 1.165) is 63.2 Å². The van der Waals surface area contributed by atoms with Crippen LogP contribution in [0.15, 0.2) is 24.3 Å². The molecule has 0 aromatic heterocycles. The van der Waals surface area contributed by atoms with Crippen LogP contribution in [0.3, 0.4) is 0 Å². The Morgan fingerprint density at radius 1 is 1.10 bits per heavy atom. The van der Waals surface area contributed by atoms with Gasteiger partial charge in [-0.3, -0.25) is 4.90 Å². The van der Waals surface area contributed by atoms with Gasteiger partial charge in [0.1, 0.15) is 5.75 Å². The highest BCUT2D eigenvalue weighted by molar-refractivity contribution is 7.80. The highest BCUT2D eigenvalue weighted by Gasteiger charge is 2.17. The molecule has 0 radical (unpaired) electrons. The van der Waals surface area contributed by atoms with Crippen molar-refractivity contribution < 1.29 is 9.47 Å². The van der Waals surface area contributed by atoms with Gasteiger partial charge >= 0.3 is 0 Å². The van der Waals surface area contributed by atoms with Crippen LogP contribution < -0.4 is 10.1 Å². The minimum Gasteiger partial charge on any atom is -0.494 e. The summed E-state index contributed by atoms with van der Waals surface area (Å²) in [5.74, 6) is 0.931. The van der Waals surface area contributed by atoms with Crippen LogP contribution in [0.1, 0.15) is 63.9 Å². The van der Waals surface area contributed by atoms with E-state index in [0.29, 0.717) is 12.6 Å². The Morgan fingerprint density at radius 2 is 1.77 bits per heavy atom. The number of nitrogens with one attached hydrogen (secondary N) is 1. The molecule has 2 aliphatic rings. The lowest BCUT2D eigenvalue weighted by molar-refractivity contribution is 0.0367. The van der Waals surface area contributed by atoms with Gasteiger partial charge in [-0.25, -0.2) is 0 Å². The van der Waals surface area contributed by atoms with Crippen LogP contribution in [0.5, 0.6) is 5.75 Å². The second-order valence-corrected chi connectivity index (χ2v) is 9.18. The van der Waals surface area contributed by atoms with Gasteiger partial charge in [0, 0.05) is 38.8 Å². The van der Waals surface area contributed by atoms with Gasteiger partial charge in [0.25, 0.3) is 0 Å². The van der Waals surface area contributed by atoms with Gasteiger partial charge in [-0.15, -0.1) is 0 Å². The van der Waals surface area contributed by atoms with Gasteiger partial charge in [0.05, 0.1) is 19.8 Å². The highest BCUT2D eigenvalue weighted by Crippen LogP contribution is 2.18. The molecular weight excluding hydrogens is 406 g/mol. The fraction of sp³-hybridized carbons (Fsp3) is 0.720. The quantitative estimate of drug-likeness (QED) is 0.558. The molecule has 1 saturated heterocycles. The molecule has 1 N–H and O–H groups in total. The van der Waals surface area contributed by atoms with Crippen molar-refractivity contribution in [1.82, 2.24) is 15.1 Å². The smallest absolute Gasteiger partial charge is 0.169 e. The Balaban J connectivity index is 1.56. The van der Waals surface area contributed by atoms with E-state index in [1.165, 1.54) is 50.5 Å².